The molecule has 0 spiro atoms. The molecule has 0 atom stereocenters. The van der Waals surface area contributed by atoms with Crippen molar-refractivity contribution in [3.05, 3.63) is 30.3 Å². The molecule has 0 aliphatic rings. The lowest BCUT2D eigenvalue weighted by atomic mass is 10.3. The van der Waals surface area contributed by atoms with Crippen LogP contribution in [0.15, 0.2) is 30.3 Å². The van der Waals surface area contributed by atoms with Crippen LogP contribution in [-0.2, 0) is 19.6 Å². The standard InChI is InChI=1S/C7H8O.C4H10O4/c1-8-7-5-3-2-4-6-7;1-5-7-3-4-8-6-2/h2-6H,1H3;3-4H2,1-2H3. The number of hydrogen-bond donors (Lipinski definition) is 0. The fraction of sp³-hybridized carbons (Fsp3) is 0.455. The van der Waals surface area contributed by atoms with Crippen LogP contribution in [0.2, 0.25) is 0 Å². The largest absolute Gasteiger partial charge is 0.497 e. The lowest BCUT2D eigenvalue weighted by Gasteiger charge is -1.97. The molecule has 0 aliphatic heterocycles. The summed E-state index contributed by atoms with van der Waals surface area (Å²) in [7, 11) is 4.54. The van der Waals surface area contributed by atoms with E-state index in [-0.39, 0.29) is 0 Å². The first kappa shape index (κ1) is 14.9. The molecule has 0 radical (unpaired) electrons. The van der Waals surface area contributed by atoms with Crippen LogP contribution in [0, 0.1) is 0 Å². The second kappa shape index (κ2) is 11.9. The molecule has 1 aromatic rings. The second-order valence-electron chi connectivity index (χ2n) is 2.49. The molecule has 0 amide bonds. The van der Waals surface area contributed by atoms with Gasteiger partial charge in [0.1, 0.15) is 19.0 Å². The Labute approximate surface area is 95.7 Å². The first-order valence-electron chi connectivity index (χ1n) is 4.75. The molecule has 0 unspecified atom stereocenters. The SMILES string of the molecule is COOCCOOC.COc1ccccc1. The van der Waals surface area contributed by atoms with Crippen molar-refractivity contribution in [3.8, 4) is 5.75 Å². The van der Waals surface area contributed by atoms with Crippen LogP contribution in [0.1, 0.15) is 0 Å². The number of ether oxygens (including phenoxy) is 1. The molecule has 0 heterocycles. The quantitative estimate of drug-likeness (QED) is 0.424. The van der Waals surface area contributed by atoms with Crippen molar-refractivity contribution in [2.24, 2.45) is 0 Å². The van der Waals surface area contributed by atoms with Gasteiger partial charge in [0, 0.05) is 0 Å². The lowest BCUT2D eigenvalue weighted by Crippen LogP contribution is -2.01. The van der Waals surface area contributed by atoms with Crippen molar-refractivity contribution in [1.82, 2.24) is 0 Å². The summed E-state index contributed by atoms with van der Waals surface area (Å²) in [5.74, 6) is 0.910. The highest BCUT2D eigenvalue weighted by Gasteiger charge is 1.83. The number of hydrogen-bond acceptors (Lipinski definition) is 5. The minimum atomic E-state index is 0.379. The molecule has 5 heteroatoms. The molecular weight excluding hydrogens is 212 g/mol. The first-order valence-corrected chi connectivity index (χ1v) is 4.75. The Morgan fingerprint density at radius 3 is 1.62 bits per heavy atom. The van der Waals surface area contributed by atoms with Crippen LogP contribution in [0.4, 0.5) is 0 Å². The van der Waals surface area contributed by atoms with E-state index < -0.39 is 0 Å². The molecule has 0 N–H and O–H groups in total. The molecule has 92 valence electrons. The average molecular weight is 230 g/mol. The molecule has 0 aliphatic carbocycles. The van der Waals surface area contributed by atoms with Gasteiger partial charge in [-0.3, -0.25) is 0 Å². The fourth-order valence-corrected chi connectivity index (χ4v) is 0.791. The van der Waals surface area contributed by atoms with Crippen LogP contribution in [0.25, 0.3) is 0 Å². The van der Waals surface area contributed by atoms with E-state index in [1.54, 1.807) is 7.11 Å². The van der Waals surface area contributed by atoms with Crippen LogP contribution >= 0.6 is 0 Å². The maximum atomic E-state index is 4.91. The maximum absolute atomic E-state index is 4.91. The normalized spacial score (nSPS) is 9.19. The fourth-order valence-electron chi connectivity index (χ4n) is 0.791. The molecule has 0 saturated heterocycles. The number of benzene rings is 1. The zero-order chi connectivity index (χ0) is 12.1. The summed E-state index contributed by atoms with van der Waals surface area (Å²) in [5, 5.41) is 0. The van der Waals surface area contributed by atoms with Gasteiger partial charge in [0.2, 0.25) is 0 Å². The lowest BCUT2D eigenvalue weighted by molar-refractivity contribution is -0.321. The van der Waals surface area contributed by atoms with Gasteiger partial charge in [0.25, 0.3) is 0 Å². The molecule has 0 fully saturated rings. The van der Waals surface area contributed by atoms with Gasteiger partial charge in [-0.05, 0) is 12.1 Å². The van der Waals surface area contributed by atoms with Gasteiger partial charge in [0.15, 0.2) is 0 Å². The Morgan fingerprint density at radius 2 is 1.31 bits per heavy atom. The van der Waals surface area contributed by atoms with Gasteiger partial charge in [-0.25, -0.2) is 19.6 Å². The van der Waals surface area contributed by atoms with E-state index in [1.807, 2.05) is 30.3 Å². The van der Waals surface area contributed by atoms with Crippen molar-refractivity contribution in [2.75, 3.05) is 34.5 Å². The summed E-state index contributed by atoms with van der Waals surface area (Å²) >= 11 is 0. The Bertz CT molecular complexity index is 221. The highest BCUT2D eigenvalue weighted by atomic mass is 17.2. The van der Waals surface area contributed by atoms with Crippen LogP contribution < -0.4 is 4.74 Å². The Morgan fingerprint density at radius 1 is 0.812 bits per heavy atom. The van der Waals surface area contributed by atoms with Crippen molar-refractivity contribution in [3.63, 3.8) is 0 Å². The molecule has 1 aromatic carbocycles. The van der Waals surface area contributed by atoms with Crippen LogP contribution in [0.3, 0.4) is 0 Å². The van der Waals surface area contributed by atoms with Crippen molar-refractivity contribution in [1.29, 1.82) is 0 Å². The number of rotatable bonds is 6. The topological polar surface area (TPSA) is 46.2 Å². The molecule has 0 aromatic heterocycles. The monoisotopic (exact) mass is 230 g/mol. The van der Waals surface area contributed by atoms with Crippen molar-refractivity contribution in [2.45, 2.75) is 0 Å². The molecule has 0 bridgehead atoms. The average Bonchev–Trinajstić information content (AvgIpc) is 2.36. The predicted molar refractivity (Wildman–Crippen MR) is 58.9 cm³/mol. The third kappa shape index (κ3) is 9.42. The summed E-state index contributed by atoms with van der Waals surface area (Å²) in [6.07, 6.45) is 0. The van der Waals surface area contributed by atoms with Gasteiger partial charge in [-0.15, -0.1) is 0 Å². The van der Waals surface area contributed by atoms with E-state index in [2.05, 4.69) is 19.6 Å². The molecule has 5 nitrogen and oxygen atoms in total. The summed E-state index contributed by atoms with van der Waals surface area (Å²) in [5.41, 5.74) is 0. The van der Waals surface area contributed by atoms with E-state index in [9.17, 15) is 0 Å². The van der Waals surface area contributed by atoms with Gasteiger partial charge in [-0.2, -0.15) is 0 Å². The third-order valence-corrected chi connectivity index (χ3v) is 1.46. The zero-order valence-corrected chi connectivity index (χ0v) is 9.84. The Kier molecular flexibility index (Phi) is 11.1. The second-order valence-corrected chi connectivity index (χ2v) is 2.49. The van der Waals surface area contributed by atoms with E-state index in [1.165, 1.54) is 14.2 Å². The Balaban J connectivity index is 0.000000281. The van der Waals surface area contributed by atoms with Gasteiger partial charge in [0.05, 0.1) is 21.3 Å². The third-order valence-electron chi connectivity index (χ3n) is 1.46. The summed E-state index contributed by atoms with van der Waals surface area (Å²) in [4.78, 5) is 17.4. The van der Waals surface area contributed by atoms with E-state index in [0.717, 1.165) is 5.75 Å². The predicted octanol–water partition coefficient (Wildman–Crippen LogP) is 1.84. The van der Waals surface area contributed by atoms with Crippen LogP contribution in [-0.4, -0.2) is 34.5 Å². The van der Waals surface area contributed by atoms with Crippen molar-refractivity contribution < 1.29 is 24.3 Å². The zero-order valence-electron chi connectivity index (χ0n) is 9.84. The van der Waals surface area contributed by atoms with E-state index >= 15 is 0 Å². The van der Waals surface area contributed by atoms with Gasteiger partial charge >= 0.3 is 0 Å². The first-order chi connectivity index (χ1) is 7.85. The van der Waals surface area contributed by atoms with E-state index in [4.69, 9.17) is 4.74 Å². The molecule has 1 rings (SSSR count). The molecule has 16 heavy (non-hydrogen) atoms. The highest BCUT2D eigenvalue weighted by Crippen LogP contribution is 2.05. The number of para-hydroxylation sites is 1. The molecule has 0 saturated carbocycles. The Hall–Kier alpha value is -1.14. The van der Waals surface area contributed by atoms with Crippen molar-refractivity contribution >= 4 is 0 Å². The summed E-state index contributed by atoms with van der Waals surface area (Å²) in [6.45, 7) is 0.759. The van der Waals surface area contributed by atoms with E-state index in [0.29, 0.717) is 13.2 Å². The highest BCUT2D eigenvalue weighted by molar-refractivity contribution is 5.20. The maximum Gasteiger partial charge on any atom is 0.118 e. The van der Waals surface area contributed by atoms with Gasteiger partial charge in [-0.1, -0.05) is 18.2 Å². The minimum absolute atomic E-state index is 0.379. The number of methoxy groups -OCH3 is 1. The molecular formula is C11H18O5. The summed E-state index contributed by atoms with van der Waals surface area (Å²) < 4.78 is 4.91. The van der Waals surface area contributed by atoms with Gasteiger partial charge < -0.3 is 4.74 Å². The summed E-state index contributed by atoms with van der Waals surface area (Å²) in [6, 6.07) is 9.68. The van der Waals surface area contributed by atoms with Crippen LogP contribution in [0.5, 0.6) is 5.75 Å². The smallest absolute Gasteiger partial charge is 0.118 e. The minimum Gasteiger partial charge on any atom is -0.497 e.